The van der Waals surface area contributed by atoms with E-state index in [2.05, 4.69) is 9.88 Å². The van der Waals surface area contributed by atoms with E-state index in [1.54, 1.807) is 13.3 Å². The van der Waals surface area contributed by atoms with Gasteiger partial charge in [-0.2, -0.15) is 0 Å². The van der Waals surface area contributed by atoms with Crippen molar-refractivity contribution in [3.8, 4) is 5.75 Å². The molecular formula is C10H13ClN2O. The molecule has 2 rings (SSSR count). The van der Waals surface area contributed by atoms with Crippen LogP contribution in [0.4, 0.5) is 5.69 Å². The molecule has 0 radical (unpaired) electrons. The molecule has 1 aliphatic rings. The molecule has 0 spiro atoms. The highest BCUT2D eigenvalue weighted by Crippen LogP contribution is 2.28. The molecule has 1 aromatic rings. The smallest absolute Gasteiger partial charge is 0.171 e. The van der Waals surface area contributed by atoms with Gasteiger partial charge in [-0.3, -0.25) is 0 Å². The SMILES string of the molecule is COc1cc(N2CCCC2)cnc1Cl. The van der Waals surface area contributed by atoms with Gasteiger partial charge in [0.1, 0.15) is 0 Å². The van der Waals surface area contributed by atoms with E-state index in [-0.39, 0.29) is 0 Å². The van der Waals surface area contributed by atoms with Crippen LogP contribution in [-0.4, -0.2) is 25.2 Å². The fourth-order valence-corrected chi connectivity index (χ4v) is 1.89. The van der Waals surface area contributed by atoms with Crippen molar-refractivity contribution in [3.05, 3.63) is 17.4 Å². The maximum absolute atomic E-state index is 5.85. The van der Waals surface area contributed by atoms with Gasteiger partial charge in [0.15, 0.2) is 10.9 Å². The van der Waals surface area contributed by atoms with E-state index in [0.717, 1.165) is 18.8 Å². The number of rotatable bonds is 2. The van der Waals surface area contributed by atoms with Gasteiger partial charge in [0.2, 0.25) is 0 Å². The Labute approximate surface area is 88.6 Å². The molecule has 0 amide bonds. The van der Waals surface area contributed by atoms with Gasteiger partial charge in [0.25, 0.3) is 0 Å². The number of aromatic nitrogens is 1. The summed E-state index contributed by atoms with van der Waals surface area (Å²) in [6.45, 7) is 2.21. The van der Waals surface area contributed by atoms with Crippen LogP contribution in [-0.2, 0) is 0 Å². The quantitative estimate of drug-likeness (QED) is 0.704. The summed E-state index contributed by atoms with van der Waals surface area (Å²) in [7, 11) is 1.61. The molecule has 1 fully saturated rings. The fourth-order valence-electron chi connectivity index (χ4n) is 1.71. The van der Waals surface area contributed by atoms with Crippen molar-refractivity contribution in [1.82, 2.24) is 4.98 Å². The lowest BCUT2D eigenvalue weighted by Crippen LogP contribution is -2.17. The highest BCUT2D eigenvalue weighted by atomic mass is 35.5. The summed E-state index contributed by atoms with van der Waals surface area (Å²) in [6.07, 6.45) is 4.31. The van der Waals surface area contributed by atoms with Crippen LogP contribution in [0, 0.1) is 0 Å². The van der Waals surface area contributed by atoms with Gasteiger partial charge >= 0.3 is 0 Å². The molecule has 0 bridgehead atoms. The van der Waals surface area contributed by atoms with Crippen molar-refractivity contribution < 1.29 is 4.74 Å². The molecule has 2 heterocycles. The summed E-state index contributed by atoms with van der Waals surface area (Å²) >= 11 is 5.85. The molecule has 1 saturated heterocycles. The first-order valence-corrected chi connectivity index (χ1v) is 5.13. The first kappa shape index (κ1) is 9.59. The maximum atomic E-state index is 5.85. The van der Waals surface area contributed by atoms with E-state index in [1.807, 2.05) is 6.07 Å². The first-order chi connectivity index (χ1) is 6.81. The lowest BCUT2D eigenvalue weighted by molar-refractivity contribution is 0.413. The van der Waals surface area contributed by atoms with Crippen molar-refractivity contribution >= 4 is 17.3 Å². The Bertz CT molecular complexity index is 324. The third-order valence-corrected chi connectivity index (χ3v) is 2.77. The number of hydrogen-bond acceptors (Lipinski definition) is 3. The summed E-state index contributed by atoms with van der Waals surface area (Å²) in [4.78, 5) is 6.39. The van der Waals surface area contributed by atoms with Crippen LogP contribution in [0.3, 0.4) is 0 Å². The van der Waals surface area contributed by atoms with Gasteiger partial charge in [-0.1, -0.05) is 11.6 Å². The standard InChI is InChI=1S/C10H13ClN2O/c1-14-9-6-8(7-12-10(9)11)13-4-2-3-5-13/h6-7H,2-5H2,1H3. The van der Waals surface area contributed by atoms with Crippen molar-refractivity contribution in [2.75, 3.05) is 25.1 Å². The Balaban J connectivity index is 2.25. The van der Waals surface area contributed by atoms with Gasteiger partial charge in [-0.05, 0) is 12.8 Å². The van der Waals surface area contributed by atoms with Crippen LogP contribution in [0.5, 0.6) is 5.75 Å². The number of hydrogen-bond donors (Lipinski definition) is 0. The van der Waals surface area contributed by atoms with Gasteiger partial charge in [0.05, 0.1) is 19.0 Å². The zero-order valence-corrected chi connectivity index (χ0v) is 8.92. The van der Waals surface area contributed by atoms with Crippen LogP contribution in [0.2, 0.25) is 5.15 Å². The number of methoxy groups -OCH3 is 1. The minimum atomic E-state index is 0.426. The largest absolute Gasteiger partial charge is 0.493 e. The van der Waals surface area contributed by atoms with Gasteiger partial charge in [-0.15, -0.1) is 0 Å². The minimum Gasteiger partial charge on any atom is -0.493 e. The molecule has 0 aliphatic carbocycles. The van der Waals surface area contributed by atoms with Crippen LogP contribution in [0.25, 0.3) is 0 Å². The highest BCUT2D eigenvalue weighted by molar-refractivity contribution is 6.30. The molecule has 0 saturated carbocycles. The highest BCUT2D eigenvalue weighted by Gasteiger charge is 2.14. The van der Waals surface area contributed by atoms with Crippen molar-refractivity contribution in [1.29, 1.82) is 0 Å². The van der Waals surface area contributed by atoms with Crippen molar-refractivity contribution in [2.24, 2.45) is 0 Å². The van der Waals surface area contributed by atoms with Gasteiger partial charge in [-0.25, -0.2) is 4.98 Å². The summed E-state index contributed by atoms with van der Waals surface area (Å²) in [5.74, 6) is 0.649. The molecular weight excluding hydrogens is 200 g/mol. The van der Waals surface area contributed by atoms with E-state index in [4.69, 9.17) is 16.3 Å². The number of halogens is 1. The topological polar surface area (TPSA) is 25.4 Å². The Hall–Kier alpha value is -0.960. The predicted octanol–water partition coefficient (Wildman–Crippen LogP) is 2.34. The molecule has 1 aromatic heterocycles. The van der Waals surface area contributed by atoms with Gasteiger partial charge in [0, 0.05) is 19.2 Å². The third-order valence-electron chi connectivity index (χ3n) is 2.48. The van der Waals surface area contributed by atoms with Crippen LogP contribution in [0.1, 0.15) is 12.8 Å². The van der Waals surface area contributed by atoms with Crippen LogP contribution in [0.15, 0.2) is 12.3 Å². The molecule has 1 aliphatic heterocycles. The molecule has 14 heavy (non-hydrogen) atoms. The first-order valence-electron chi connectivity index (χ1n) is 4.76. The molecule has 0 aromatic carbocycles. The monoisotopic (exact) mass is 212 g/mol. The average molecular weight is 213 g/mol. The molecule has 0 unspecified atom stereocenters. The Morgan fingerprint density at radius 2 is 2.14 bits per heavy atom. The zero-order chi connectivity index (χ0) is 9.97. The summed E-state index contributed by atoms with van der Waals surface area (Å²) in [5.41, 5.74) is 1.10. The minimum absolute atomic E-state index is 0.426. The van der Waals surface area contributed by atoms with E-state index < -0.39 is 0 Å². The number of pyridine rings is 1. The Kier molecular flexibility index (Phi) is 2.77. The normalized spacial score (nSPS) is 16.0. The van der Waals surface area contributed by atoms with Crippen LogP contribution < -0.4 is 9.64 Å². The van der Waals surface area contributed by atoms with E-state index in [9.17, 15) is 0 Å². The number of nitrogens with zero attached hydrogens (tertiary/aromatic N) is 2. The number of anilines is 1. The summed E-state index contributed by atoms with van der Waals surface area (Å²) in [6, 6.07) is 1.95. The molecule has 76 valence electrons. The second-order valence-electron chi connectivity index (χ2n) is 3.38. The summed E-state index contributed by atoms with van der Waals surface area (Å²) in [5, 5.41) is 0.426. The predicted molar refractivity (Wildman–Crippen MR) is 57.2 cm³/mol. The summed E-state index contributed by atoms with van der Waals surface area (Å²) < 4.78 is 5.12. The second-order valence-corrected chi connectivity index (χ2v) is 3.74. The Morgan fingerprint density at radius 3 is 2.79 bits per heavy atom. The second kappa shape index (κ2) is 4.05. The molecule has 3 nitrogen and oxygen atoms in total. The molecule has 0 atom stereocenters. The van der Waals surface area contributed by atoms with E-state index in [0.29, 0.717) is 10.9 Å². The third kappa shape index (κ3) is 1.77. The van der Waals surface area contributed by atoms with Crippen molar-refractivity contribution in [3.63, 3.8) is 0 Å². The molecule has 0 N–H and O–H groups in total. The van der Waals surface area contributed by atoms with E-state index >= 15 is 0 Å². The van der Waals surface area contributed by atoms with E-state index in [1.165, 1.54) is 12.8 Å². The zero-order valence-electron chi connectivity index (χ0n) is 8.16. The Morgan fingerprint density at radius 1 is 1.43 bits per heavy atom. The lowest BCUT2D eigenvalue weighted by Gasteiger charge is -2.17. The maximum Gasteiger partial charge on any atom is 0.171 e. The fraction of sp³-hybridized carbons (Fsp3) is 0.500. The van der Waals surface area contributed by atoms with Crippen molar-refractivity contribution in [2.45, 2.75) is 12.8 Å². The van der Waals surface area contributed by atoms with Gasteiger partial charge < -0.3 is 9.64 Å². The average Bonchev–Trinajstić information content (AvgIpc) is 2.71. The molecule has 4 heteroatoms. The lowest BCUT2D eigenvalue weighted by atomic mass is 10.3. The number of ether oxygens (including phenoxy) is 1. The van der Waals surface area contributed by atoms with Crippen LogP contribution >= 0.6 is 11.6 Å².